The Bertz CT molecular complexity index is 580. The average Bonchev–Trinajstić information content (AvgIpc) is 2.50. The van der Waals surface area contributed by atoms with Gasteiger partial charge in [0.25, 0.3) is 5.91 Å². The highest BCUT2D eigenvalue weighted by molar-refractivity contribution is 5.94. The molecule has 0 aliphatic heterocycles. The van der Waals surface area contributed by atoms with Gasteiger partial charge in [0.05, 0.1) is 12.8 Å². The number of nitrogens with zero attached hydrogens (tertiary/aromatic N) is 2. The summed E-state index contributed by atoms with van der Waals surface area (Å²) in [5.74, 6) is 0.542. The molecule has 0 radical (unpaired) electrons. The average molecular weight is 269 g/mol. The molecular formula is C15H15N3O2. The van der Waals surface area contributed by atoms with E-state index in [2.05, 4.69) is 15.5 Å². The Hall–Kier alpha value is -2.69. The zero-order chi connectivity index (χ0) is 14.2. The van der Waals surface area contributed by atoms with E-state index in [1.807, 2.05) is 31.2 Å². The maximum atomic E-state index is 11.7. The highest BCUT2D eigenvalue weighted by Gasteiger charge is 2.01. The van der Waals surface area contributed by atoms with Crippen LogP contribution in [0.15, 0.2) is 53.9 Å². The van der Waals surface area contributed by atoms with Gasteiger partial charge in [-0.1, -0.05) is 0 Å². The van der Waals surface area contributed by atoms with Crippen LogP contribution in [0, 0.1) is 0 Å². The molecule has 0 atom stereocenters. The minimum atomic E-state index is -0.269. The van der Waals surface area contributed by atoms with E-state index in [0.29, 0.717) is 12.2 Å². The fourth-order valence-electron chi connectivity index (χ4n) is 1.55. The summed E-state index contributed by atoms with van der Waals surface area (Å²) in [6.07, 6.45) is 4.70. The molecule has 1 heterocycles. The minimum Gasteiger partial charge on any atom is -0.494 e. The first-order valence-corrected chi connectivity index (χ1v) is 6.26. The van der Waals surface area contributed by atoms with Crippen molar-refractivity contribution in [2.75, 3.05) is 6.61 Å². The third-order valence-electron chi connectivity index (χ3n) is 2.51. The second kappa shape index (κ2) is 7.04. The van der Waals surface area contributed by atoms with Crippen LogP contribution in [0.25, 0.3) is 0 Å². The van der Waals surface area contributed by atoms with Gasteiger partial charge in [0.15, 0.2) is 0 Å². The summed E-state index contributed by atoms with van der Waals surface area (Å²) in [6.45, 7) is 2.57. The van der Waals surface area contributed by atoms with Crippen LogP contribution < -0.4 is 10.2 Å². The first kappa shape index (κ1) is 13.7. The van der Waals surface area contributed by atoms with E-state index in [1.165, 1.54) is 0 Å². The zero-order valence-corrected chi connectivity index (χ0v) is 11.1. The lowest BCUT2D eigenvalue weighted by Gasteiger charge is -2.02. The molecule has 0 aliphatic carbocycles. The summed E-state index contributed by atoms with van der Waals surface area (Å²) in [4.78, 5) is 15.6. The van der Waals surface area contributed by atoms with Crippen molar-refractivity contribution >= 4 is 12.1 Å². The quantitative estimate of drug-likeness (QED) is 0.669. The number of aromatic nitrogens is 1. The van der Waals surface area contributed by atoms with E-state index in [-0.39, 0.29) is 5.91 Å². The molecule has 1 N–H and O–H groups in total. The third-order valence-corrected chi connectivity index (χ3v) is 2.51. The molecule has 5 heteroatoms. The summed E-state index contributed by atoms with van der Waals surface area (Å²) < 4.78 is 5.34. The van der Waals surface area contributed by atoms with Gasteiger partial charge >= 0.3 is 0 Å². The Balaban J connectivity index is 1.91. The van der Waals surface area contributed by atoms with Gasteiger partial charge in [-0.15, -0.1) is 0 Å². The first-order valence-electron chi connectivity index (χ1n) is 6.26. The molecule has 2 aromatic rings. The maximum Gasteiger partial charge on any atom is 0.271 e. The van der Waals surface area contributed by atoms with Gasteiger partial charge in [0.1, 0.15) is 5.75 Å². The lowest BCUT2D eigenvalue weighted by atomic mass is 10.2. The number of nitrogens with one attached hydrogen (secondary N) is 1. The summed E-state index contributed by atoms with van der Waals surface area (Å²) in [5, 5.41) is 3.91. The fraction of sp³-hybridized carbons (Fsp3) is 0.133. The zero-order valence-electron chi connectivity index (χ0n) is 11.1. The predicted octanol–water partition coefficient (Wildman–Crippen LogP) is 2.24. The highest BCUT2D eigenvalue weighted by Crippen LogP contribution is 2.10. The van der Waals surface area contributed by atoms with Crippen molar-refractivity contribution in [1.82, 2.24) is 10.4 Å². The number of hydrazone groups is 1. The number of ether oxygens (including phenoxy) is 1. The van der Waals surface area contributed by atoms with E-state index in [9.17, 15) is 4.79 Å². The normalized spacial score (nSPS) is 10.4. The molecule has 0 spiro atoms. The highest BCUT2D eigenvalue weighted by atomic mass is 16.5. The van der Waals surface area contributed by atoms with Gasteiger partial charge in [-0.05, 0) is 48.9 Å². The largest absolute Gasteiger partial charge is 0.494 e. The molecule has 0 fully saturated rings. The lowest BCUT2D eigenvalue weighted by molar-refractivity contribution is 0.0955. The first-order chi connectivity index (χ1) is 9.79. The topological polar surface area (TPSA) is 63.6 Å². The number of hydrogen-bond acceptors (Lipinski definition) is 4. The molecule has 102 valence electrons. The second-order valence-electron chi connectivity index (χ2n) is 3.94. The number of pyridine rings is 1. The van der Waals surface area contributed by atoms with Gasteiger partial charge in [-0.2, -0.15) is 5.10 Å². The molecular weight excluding hydrogens is 254 g/mol. The number of amides is 1. The molecule has 5 nitrogen and oxygen atoms in total. The Morgan fingerprint density at radius 1 is 1.25 bits per heavy atom. The smallest absolute Gasteiger partial charge is 0.271 e. The standard InChI is InChI=1S/C15H15N3O2/c1-2-20-14-5-3-12(4-6-14)11-17-18-15(19)13-7-9-16-10-8-13/h3-11H,2H2,1H3,(H,18,19)/b17-11+. The van der Waals surface area contributed by atoms with Gasteiger partial charge in [-0.3, -0.25) is 9.78 Å². The lowest BCUT2D eigenvalue weighted by Crippen LogP contribution is -2.17. The molecule has 0 saturated heterocycles. The third kappa shape index (κ3) is 3.91. The van der Waals surface area contributed by atoms with Crippen molar-refractivity contribution in [2.24, 2.45) is 5.10 Å². The van der Waals surface area contributed by atoms with Crippen LogP contribution in [-0.2, 0) is 0 Å². The van der Waals surface area contributed by atoms with Crippen LogP contribution >= 0.6 is 0 Å². The molecule has 1 amide bonds. The summed E-state index contributed by atoms with van der Waals surface area (Å²) in [7, 11) is 0. The maximum absolute atomic E-state index is 11.7. The van der Waals surface area contributed by atoms with Crippen LogP contribution in [0.5, 0.6) is 5.75 Å². The molecule has 0 saturated carbocycles. The number of carbonyl (C=O) groups excluding carboxylic acids is 1. The van der Waals surface area contributed by atoms with Crippen molar-refractivity contribution in [3.63, 3.8) is 0 Å². The molecule has 20 heavy (non-hydrogen) atoms. The van der Waals surface area contributed by atoms with Crippen LogP contribution in [0.2, 0.25) is 0 Å². The number of carbonyl (C=O) groups is 1. The number of hydrogen-bond donors (Lipinski definition) is 1. The summed E-state index contributed by atoms with van der Waals surface area (Å²) in [5.41, 5.74) is 3.85. The van der Waals surface area contributed by atoms with E-state index in [1.54, 1.807) is 30.7 Å². The molecule has 2 rings (SSSR count). The van der Waals surface area contributed by atoms with Crippen LogP contribution in [0.4, 0.5) is 0 Å². The van der Waals surface area contributed by atoms with Crippen molar-refractivity contribution in [3.05, 3.63) is 59.9 Å². The van der Waals surface area contributed by atoms with Crippen molar-refractivity contribution in [1.29, 1.82) is 0 Å². The second-order valence-corrected chi connectivity index (χ2v) is 3.94. The fourth-order valence-corrected chi connectivity index (χ4v) is 1.55. The van der Waals surface area contributed by atoms with Gasteiger partial charge in [0.2, 0.25) is 0 Å². The Morgan fingerprint density at radius 3 is 2.60 bits per heavy atom. The molecule has 0 aliphatic rings. The van der Waals surface area contributed by atoms with E-state index >= 15 is 0 Å². The predicted molar refractivity (Wildman–Crippen MR) is 76.9 cm³/mol. The van der Waals surface area contributed by atoms with E-state index in [0.717, 1.165) is 11.3 Å². The van der Waals surface area contributed by atoms with Crippen LogP contribution in [0.1, 0.15) is 22.8 Å². The molecule has 1 aromatic carbocycles. The number of benzene rings is 1. The van der Waals surface area contributed by atoms with Crippen molar-refractivity contribution < 1.29 is 9.53 Å². The molecule has 0 bridgehead atoms. The SMILES string of the molecule is CCOc1ccc(/C=N/NC(=O)c2ccncc2)cc1. The molecule has 0 unspecified atom stereocenters. The summed E-state index contributed by atoms with van der Waals surface area (Å²) >= 11 is 0. The Kier molecular flexibility index (Phi) is 4.83. The van der Waals surface area contributed by atoms with E-state index in [4.69, 9.17) is 4.74 Å². The van der Waals surface area contributed by atoms with Gasteiger partial charge in [-0.25, -0.2) is 5.43 Å². The molecule has 1 aromatic heterocycles. The Morgan fingerprint density at radius 2 is 1.95 bits per heavy atom. The summed E-state index contributed by atoms with van der Waals surface area (Å²) in [6, 6.07) is 10.7. The number of rotatable bonds is 5. The minimum absolute atomic E-state index is 0.269. The van der Waals surface area contributed by atoms with Crippen LogP contribution in [-0.4, -0.2) is 23.7 Å². The van der Waals surface area contributed by atoms with Crippen molar-refractivity contribution in [2.45, 2.75) is 6.92 Å². The van der Waals surface area contributed by atoms with Crippen molar-refractivity contribution in [3.8, 4) is 5.75 Å². The van der Waals surface area contributed by atoms with Gasteiger partial charge < -0.3 is 4.74 Å². The van der Waals surface area contributed by atoms with Crippen LogP contribution in [0.3, 0.4) is 0 Å². The van der Waals surface area contributed by atoms with E-state index < -0.39 is 0 Å². The van der Waals surface area contributed by atoms with Gasteiger partial charge in [0, 0.05) is 18.0 Å². The Labute approximate surface area is 117 Å². The monoisotopic (exact) mass is 269 g/mol.